The monoisotopic (exact) mass is 337 g/mol. The number of hydrogen-bond acceptors (Lipinski definition) is 8. The standard InChI is InChI=1S/C12H11N5O5S/c1-3-10-14-15-12(23-10)13-11(18)7-4-8(16(19)20)6(2)9(5-7)17(21)22/h4-5H,3H2,1-2H3,(H,13,15,18). The van der Waals surface area contributed by atoms with E-state index in [2.05, 4.69) is 15.5 Å². The van der Waals surface area contributed by atoms with Crippen LogP contribution in [-0.4, -0.2) is 26.0 Å². The van der Waals surface area contributed by atoms with Crippen molar-refractivity contribution in [3.8, 4) is 0 Å². The molecule has 1 aromatic carbocycles. The lowest BCUT2D eigenvalue weighted by Gasteiger charge is -2.04. The Kier molecular flexibility index (Phi) is 4.60. The van der Waals surface area contributed by atoms with Crippen molar-refractivity contribution in [2.75, 3.05) is 5.32 Å². The van der Waals surface area contributed by atoms with Crippen LogP contribution < -0.4 is 5.32 Å². The second-order valence-electron chi connectivity index (χ2n) is 4.46. The predicted octanol–water partition coefficient (Wildman–Crippen LogP) is 2.48. The highest BCUT2D eigenvalue weighted by molar-refractivity contribution is 7.15. The van der Waals surface area contributed by atoms with Crippen molar-refractivity contribution in [3.63, 3.8) is 0 Å². The molecule has 0 saturated heterocycles. The lowest BCUT2D eigenvalue weighted by atomic mass is 10.1. The molecule has 1 heterocycles. The molecule has 0 spiro atoms. The van der Waals surface area contributed by atoms with Gasteiger partial charge in [-0.3, -0.25) is 30.3 Å². The zero-order valence-corrected chi connectivity index (χ0v) is 12.9. The molecule has 10 nitrogen and oxygen atoms in total. The van der Waals surface area contributed by atoms with Crippen molar-refractivity contribution in [2.45, 2.75) is 20.3 Å². The highest BCUT2D eigenvalue weighted by atomic mass is 32.1. The number of rotatable bonds is 5. The van der Waals surface area contributed by atoms with E-state index in [1.165, 1.54) is 6.92 Å². The molecule has 0 fully saturated rings. The summed E-state index contributed by atoms with van der Waals surface area (Å²) in [6, 6.07) is 2.00. The maximum Gasteiger partial charge on any atom is 0.279 e. The van der Waals surface area contributed by atoms with E-state index in [0.717, 1.165) is 23.5 Å². The molecular formula is C12H11N5O5S. The molecule has 120 valence electrons. The quantitative estimate of drug-likeness (QED) is 0.652. The summed E-state index contributed by atoms with van der Waals surface area (Å²) in [7, 11) is 0. The van der Waals surface area contributed by atoms with Crippen molar-refractivity contribution in [3.05, 3.63) is 48.5 Å². The van der Waals surface area contributed by atoms with Crippen molar-refractivity contribution in [1.29, 1.82) is 0 Å². The Hall–Kier alpha value is -2.95. The van der Waals surface area contributed by atoms with Crippen LogP contribution in [0.15, 0.2) is 12.1 Å². The van der Waals surface area contributed by atoms with Gasteiger partial charge in [-0.25, -0.2) is 0 Å². The van der Waals surface area contributed by atoms with Crippen LogP contribution in [0.4, 0.5) is 16.5 Å². The number of hydrogen-bond donors (Lipinski definition) is 1. The Bertz CT molecular complexity index is 768. The lowest BCUT2D eigenvalue weighted by Crippen LogP contribution is -2.13. The highest BCUT2D eigenvalue weighted by Gasteiger charge is 2.25. The van der Waals surface area contributed by atoms with E-state index in [4.69, 9.17) is 0 Å². The van der Waals surface area contributed by atoms with Crippen molar-refractivity contribution in [2.24, 2.45) is 0 Å². The van der Waals surface area contributed by atoms with Gasteiger partial charge < -0.3 is 0 Å². The van der Waals surface area contributed by atoms with Gasteiger partial charge in [0, 0.05) is 12.1 Å². The summed E-state index contributed by atoms with van der Waals surface area (Å²) in [6.07, 6.45) is 0.648. The van der Waals surface area contributed by atoms with Crippen LogP contribution in [-0.2, 0) is 6.42 Å². The summed E-state index contributed by atoms with van der Waals surface area (Å²) < 4.78 is 0. The normalized spacial score (nSPS) is 10.3. The molecule has 1 N–H and O–H groups in total. The summed E-state index contributed by atoms with van der Waals surface area (Å²) in [6.45, 7) is 3.13. The van der Waals surface area contributed by atoms with Gasteiger partial charge in [-0.1, -0.05) is 18.3 Å². The number of nitrogens with zero attached hydrogens (tertiary/aromatic N) is 4. The average molecular weight is 337 g/mol. The topological polar surface area (TPSA) is 141 Å². The van der Waals surface area contributed by atoms with Crippen molar-refractivity contribution >= 4 is 33.8 Å². The first-order valence-corrected chi connectivity index (χ1v) is 7.22. The fourth-order valence-electron chi connectivity index (χ4n) is 1.81. The molecule has 0 aliphatic heterocycles. The molecular weight excluding hydrogens is 326 g/mol. The van der Waals surface area contributed by atoms with Crippen LogP contribution >= 0.6 is 11.3 Å². The number of anilines is 1. The first kappa shape index (κ1) is 16.4. The minimum absolute atomic E-state index is 0.110. The summed E-state index contributed by atoms with van der Waals surface area (Å²) in [5, 5.41) is 32.9. The maximum atomic E-state index is 12.2. The number of carbonyl (C=O) groups excluding carboxylic acids is 1. The Balaban J connectivity index is 2.39. The molecule has 11 heteroatoms. The predicted molar refractivity (Wildman–Crippen MR) is 81.7 cm³/mol. The van der Waals surface area contributed by atoms with Gasteiger partial charge in [-0.15, -0.1) is 10.2 Å². The molecule has 0 aliphatic rings. The van der Waals surface area contributed by atoms with Crippen LogP contribution in [0.1, 0.15) is 27.9 Å². The lowest BCUT2D eigenvalue weighted by molar-refractivity contribution is -0.395. The van der Waals surface area contributed by atoms with E-state index in [0.29, 0.717) is 11.4 Å². The van der Waals surface area contributed by atoms with E-state index in [1.54, 1.807) is 0 Å². The molecule has 2 aromatic rings. The van der Waals surface area contributed by atoms with E-state index in [-0.39, 0.29) is 16.3 Å². The van der Waals surface area contributed by atoms with Crippen molar-refractivity contribution < 1.29 is 14.6 Å². The minimum Gasteiger partial charge on any atom is -0.296 e. The second-order valence-corrected chi connectivity index (χ2v) is 5.52. The van der Waals surface area contributed by atoms with Crippen molar-refractivity contribution in [1.82, 2.24) is 10.2 Å². The SMILES string of the molecule is CCc1nnc(NC(=O)c2cc([N+](=O)[O-])c(C)c([N+](=O)[O-])c2)s1. The molecule has 0 atom stereocenters. The van der Waals surface area contributed by atoms with Gasteiger partial charge in [0.05, 0.1) is 15.4 Å². The van der Waals surface area contributed by atoms with Crippen LogP contribution in [0.25, 0.3) is 0 Å². The van der Waals surface area contributed by atoms with Gasteiger partial charge in [0.15, 0.2) is 0 Å². The van der Waals surface area contributed by atoms with Crippen LogP contribution in [0.3, 0.4) is 0 Å². The Morgan fingerprint density at radius 2 is 1.78 bits per heavy atom. The Morgan fingerprint density at radius 3 is 2.22 bits per heavy atom. The Labute approximate surface area is 133 Å². The molecule has 0 bridgehead atoms. The number of benzene rings is 1. The molecule has 1 aromatic heterocycles. The first-order valence-electron chi connectivity index (χ1n) is 6.40. The summed E-state index contributed by atoms with van der Waals surface area (Å²) >= 11 is 1.16. The first-order chi connectivity index (χ1) is 10.8. The van der Waals surface area contributed by atoms with E-state index in [1.807, 2.05) is 6.92 Å². The van der Waals surface area contributed by atoms with Crippen LogP contribution in [0.2, 0.25) is 0 Å². The van der Waals surface area contributed by atoms with Crippen LogP contribution in [0, 0.1) is 27.2 Å². The maximum absolute atomic E-state index is 12.2. The van der Waals surface area contributed by atoms with Gasteiger partial charge in [0.1, 0.15) is 10.6 Å². The van der Waals surface area contributed by atoms with E-state index in [9.17, 15) is 25.0 Å². The average Bonchev–Trinajstić information content (AvgIpc) is 2.94. The smallest absolute Gasteiger partial charge is 0.279 e. The molecule has 23 heavy (non-hydrogen) atoms. The number of nitrogens with one attached hydrogen (secondary N) is 1. The molecule has 0 aliphatic carbocycles. The number of carbonyl (C=O) groups is 1. The molecule has 0 radical (unpaired) electrons. The zero-order chi connectivity index (χ0) is 17.1. The number of nitro benzene ring substituents is 2. The summed E-state index contributed by atoms with van der Waals surface area (Å²) in [4.78, 5) is 32.6. The number of amides is 1. The minimum atomic E-state index is -0.765. The summed E-state index contributed by atoms with van der Waals surface area (Å²) in [5.74, 6) is -0.727. The van der Waals surface area contributed by atoms with Crippen LogP contribution in [0.5, 0.6) is 0 Å². The largest absolute Gasteiger partial charge is 0.296 e. The third-order valence-corrected chi connectivity index (χ3v) is 3.98. The molecule has 2 rings (SSSR count). The van der Waals surface area contributed by atoms with Gasteiger partial charge in [-0.2, -0.15) is 0 Å². The highest BCUT2D eigenvalue weighted by Crippen LogP contribution is 2.29. The van der Waals surface area contributed by atoms with Gasteiger partial charge >= 0.3 is 0 Å². The molecule has 1 amide bonds. The van der Waals surface area contributed by atoms with E-state index < -0.39 is 27.1 Å². The van der Waals surface area contributed by atoms with Gasteiger partial charge in [0.2, 0.25) is 5.13 Å². The van der Waals surface area contributed by atoms with E-state index >= 15 is 0 Å². The number of aryl methyl sites for hydroxylation is 1. The second kappa shape index (κ2) is 6.44. The number of aromatic nitrogens is 2. The fraction of sp³-hybridized carbons (Fsp3) is 0.250. The Morgan fingerprint density at radius 1 is 1.22 bits per heavy atom. The zero-order valence-electron chi connectivity index (χ0n) is 12.1. The number of nitro groups is 2. The van der Waals surface area contributed by atoms with Gasteiger partial charge in [-0.05, 0) is 13.3 Å². The molecule has 0 saturated carbocycles. The molecule has 0 unspecified atom stereocenters. The summed E-state index contributed by atoms with van der Waals surface area (Å²) in [5.41, 5.74) is -1.28. The third kappa shape index (κ3) is 3.45. The third-order valence-electron chi connectivity index (χ3n) is 3.00. The van der Waals surface area contributed by atoms with Gasteiger partial charge in [0.25, 0.3) is 17.3 Å². The fourth-order valence-corrected chi connectivity index (χ4v) is 2.49.